The van der Waals surface area contributed by atoms with Gasteiger partial charge in [0, 0.05) is 11.6 Å². The first-order valence-corrected chi connectivity index (χ1v) is 9.24. The molecule has 9 heteroatoms. The van der Waals surface area contributed by atoms with Crippen LogP contribution in [0.3, 0.4) is 0 Å². The molecule has 2 rings (SSSR count). The minimum Gasteiger partial charge on any atom is -0.496 e. The van der Waals surface area contributed by atoms with Gasteiger partial charge < -0.3 is 10.1 Å². The van der Waals surface area contributed by atoms with Gasteiger partial charge in [0.05, 0.1) is 17.6 Å². The number of halogens is 1. The first-order chi connectivity index (χ1) is 12.4. The molecular formula is C17H15ClN2O5S. The van der Waals surface area contributed by atoms with Gasteiger partial charge >= 0.3 is 0 Å². The van der Waals surface area contributed by atoms with Crippen LogP contribution < -0.4 is 10.1 Å². The Labute approximate surface area is 155 Å². The molecule has 0 fully saturated rings. The Kier molecular flexibility index (Phi) is 6.52. The zero-order valence-corrected chi connectivity index (χ0v) is 15.3. The van der Waals surface area contributed by atoms with Crippen molar-refractivity contribution in [3.63, 3.8) is 0 Å². The summed E-state index contributed by atoms with van der Waals surface area (Å²) in [4.78, 5) is 22.3. The van der Waals surface area contributed by atoms with E-state index in [1.54, 1.807) is 24.3 Å². The van der Waals surface area contributed by atoms with Crippen LogP contribution >= 0.6 is 11.6 Å². The number of carbonyl (C=O) groups is 1. The number of hydrogen-bond donors (Lipinski definition) is 1. The highest BCUT2D eigenvalue weighted by molar-refractivity contribution is 7.90. The van der Waals surface area contributed by atoms with Crippen LogP contribution in [-0.2, 0) is 21.2 Å². The van der Waals surface area contributed by atoms with Gasteiger partial charge in [-0.3, -0.25) is 4.79 Å². The molecule has 0 radical (unpaired) electrons. The van der Waals surface area contributed by atoms with Crippen LogP contribution in [-0.4, -0.2) is 34.1 Å². The summed E-state index contributed by atoms with van der Waals surface area (Å²) in [5, 5.41) is 3.17. The summed E-state index contributed by atoms with van der Waals surface area (Å²) >= 11 is 5.91. The smallest absolute Gasteiger partial charge is 0.292 e. The summed E-state index contributed by atoms with van der Waals surface area (Å²) in [6.45, 7) is 0.326. The quantitative estimate of drug-likeness (QED) is 0.573. The Morgan fingerprint density at radius 1 is 1.23 bits per heavy atom. The molecule has 0 saturated heterocycles. The zero-order chi connectivity index (χ0) is 19.2. The van der Waals surface area contributed by atoms with Crippen LogP contribution in [0.2, 0.25) is 5.02 Å². The maximum atomic E-state index is 12.2. The minimum atomic E-state index is -4.00. The molecule has 0 aromatic heterocycles. The standard InChI is InChI=1S/C17H15ClN2O5S/c1-25-16-7-4-13(18)10-15(16)17(22)19-9-8-12-2-5-14(6-3-12)26(23,24)20-11-21/h2-7,10H,8-9H2,1H3,(H,19,22). The van der Waals surface area contributed by atoms with E-state index in [1.807, 2.05) is 0 Å². The van der Waals surface area contributed by atoms with Gasteiger partial charge in [-0.15, -0.1) is 0 Å². The molecule has 7 nitrogen and oxygen atoms in total. The van der Waals surface area contributed by atoms with Crippen molar-refractivity contribution in [2.24, 2.45) is 4.40 Å². The van der Waals surface area contributed by atoms with Crippen molar-refractivity contribution < 1.29 is 22.7 Å². The highest BCUT2D eigenvalue weighted by Gasteiger charge is 2.13. The molecule has 0 atom stereocenters. The van der Waals surface area contributed by atoms with E-state index in [-0.39, 0.29) is 10.8 Å². The van der Waals surface area contributed by atoms with E-state index >= 15 is 0 Å². The van der Waals surface area contributed by atoms with Gasteiger partial charge in [0.1, 0.15) is 5.75 Å². The Hall–Kier alpha value is -2.67. The number of isocyanates is 1. The molecule has 136 valence electrons. The lowest BCUT2D eigenvalue weighted by Crippen LogP contribution is -2.26. The summed E-state index contributed by atoms with van der Waals surface area (Å²) in [5.41, 5.74) is 1.13. The average molecular weight is 395 g/mol. The van der Waals surface area contributed by atoms with Gasteiger partial charge in [-0.25, -0.2) is 4.79 Å². The van der Waals surface area contributed by atoms with Crippen LogP contribution in [0, 0.1) is 0 Å². The van der Waals surface area contributed by atoms with Crippen molar-refractivity contribution >= 4 is 33.6 Å². The Balaban J connectivity index is 1.99. The number of nitrogens with one attached hydrogen (secondary N) is 1. The largest absolute Gasteiger partial charge is 0.496 e. The van der Waals surface area contributed by atoms with E-state index in [0.717, 1.165) is 11.6 Å². The van der Waals surface area contributed by atoms with E-state index < -0.39 is 10.0 Å². The normalized spacial score (nSPS) is 10.7. The summed E-state index contributed by atoms with van der Waals surface area (Å²) in [7, 11) is -2.54. The van der Waals surface area contributed by atoms with E-state index in [9.17, 15) is 18.0 Å². The third-order valence-electron chi connectivity index (χ3n) is 3.48. The number of carbonyl (C=O) groups excluding carboxylic acids is 2. The first-order valence-electron chi connectivity index (χ1n) is 7.42. The molecule has 0 heterocycles. The summed E-state index contributed by atoms with van der Waals surface area (Å²) in [6, 6.07) is 10.6. The fraction of sp³-hybridized carbons (Fsp3) is 0.176. The molecular weight excluding hydrogens is 380 g/mol. The molecule has 1 amide bonds. The van der Waals surface area contributed by atoms with Crippen LogP contribution in [0.15, 0.2) is 51.8 Å². The second-order valence-corrected chi connectivity index (χ2v) is 7.19. The van der Waals surface area contributed by atoms with Gasteiger partial charge in [0.15, 0.2) is 0 Å². The molecule has 0 aliphatic heterocycles. The number of ether oxygens (including phenoxy) is 1. The number of rotatable bonds is 7. The van der Waals surface area contributed by atoms with Crippen molar-refractivity contribution in [3.05, 3.63) is 58.6 Å². The maximum Gasteiger partial charge on any atom is 0.292 e. The lowest BCUT2D eigenvalue weighted by molar-refractivity contribution is 0.0951. The van der Waals surface area contributed by atoms with Gasteiger partial charge in [-0.2, -0.15) is 8.42 Å². The second-order valence-electron chi connectivity index (χ2n) is 5.15. The summed E-state index contributed by atoms with van der Waals surface area (Å²) in [6.07, 6.45) is 1.49. The average Bonchev–Trinajstić information content (AvgIpc) is 2.62. The Bertz CT molecular complexity index is 952. The predicted molar refractivity (Wildman–Crippen MR) is 95.8 cm³/mol. The van der Waals surface area contributed by atoms with Gasteiger partial charge in [0.2, 0.25) is 0 Å². The van der Waals surface area contributed by atoms with E-state index in [1.165, 1.54) is 25.3 Å². The fourth-order valence-electron chi connectivity index (χ4n) is 2.20. The molecule has 26 heavy (non-hydrogen) atoms. The number of nitrogens with zero attached hydrogens (tertiary/aromatic N) is 1. The fourth-order valence-corrected chi connectivity index (χ4v) is 3.06. The molecule has 0 aliphatic rings. The van der Waals surface area contributed by atoms with E-state index in [0.29, 0.717) is 29.3 Å². The van der Waals surface area contributed by atoms with E-state index in [2.05, 4.69) is 9.71 Å². The monoisotopic (exact) mass is 394 g/mol. The van der Waals surface area contributed by atoms with Crippen molar-refractivity contribution in [3.8, 4) is 5.75 Å². The highest BCUT2D eigenvalue weighted by Crippen LogP contribution is 2.22. The second kappa shape index (κ2) is 8.62. The molecule has 0 spiro atoms. The molecule has 2 aromatic carbocycles. The molecule has 2 aromatic rings. The van der Waals surface area contributed by atoms with Crippen molar-refractivity contribution in [2.45, 2.75) is 11.3 Å². The number of benzene rings is 2. The number of methoxy groups -OCH3 is 1. The van der Waals surface area contributed by atoms with Crippen LogP contribution in [0.5, 0.6) is 5.75 Å². The van der Waals surface area contributed by atoms with Gasteiger partial charge in [0.25, 0.3) is 22.0 Å². The third-order valence-corrected chi connectivity index (χ3v) is 4.90. The van der Waals surface area contributed by atoms with Gasteiger partial charge in [-0.05, 0) is 42.3 Å². The minimum absolute atomic E-state index is 0.0997. The van der Waals surface area contributed by atoms with Crippen molar-refractivity contribution in [1.29, 1.82) is 0 Å². The number of hydrogen-bond acceptors (Lipinski definition) is 5. The van der Waals surface area contributed by atoms with Crippen LogP contribution in [0.4, 0.5) is 0 Å². The van der Waals surface area contributed by atoms with Gasteiger partial charge in [-0.1, -0.05) is 28.1 Å². The highest BCUT2D eigenvalue weighted by atomic mass is 35.5. The van der Waals surface area contributed by atoms with E-state index in [4.69, 9.17) is 16.3 Å². The third kappa shape index (κ3) is 4.92. The van der Waals surface area contributed by atoms with Crippen molar-refractivity contribution in [2.75, 3.05) is 13.7 Å². The Morgan fingerprint density at radius 3 is 2.54 bits per heavy atom. The molecule has 0 aliphatic carbocycles. The summed E-state index contributed by atoms with van der Waals surface area (Å²) < 4.78 is 31.1. The lowest BCUT2D eigenvalue weighted by atomic mass is 10.1. The lowest BCUT2D eigenvalue weighted by Gasteiger charge is -2.10. The Morgan fingerprint density at radius 2 is 1.92 bits per heavy atom. The van der Waals surface area contributed by atoms with Crippen LogP contribution in [0.25, 0.3) is 0 Å². The SMILES string of the molecule is COc1ccc(Cl)cc1C(=O)NCCc1ccc(S(=O)(=O)N=C=O)cc1. The number of amides is 1. The summed E-state index contributed by atoms with van der Waals surface area (Å²) in [5.74, 6) is 0.0843. The first kappa shape index (κ1) is 19.7. The zero-order valence-electron chi connectivity index (χ0n) is 13.7. The predicted octanol–water partition coefficient (Wildman–Crippen LogP) is 2.35. The maximum absolute atomic E-state index is 12.2. The van der Waals surface area contributed by atoms with Crippen LogP contribution in [0.1, 0.15) is 15.9 Å². The topological polar surface area (TPSA) is 102 Å². The van der Waals surface area contributed by atoms with Crippen molar-refractivity contribution in [1.82, 2.24) is 5.32 Å². The molecule has 0 saturated carbocycles. The molecule has 0 bridgehead atoms. The molecule has 1 N–H and O–H groups in total. The number of sulfonamides is 1. The molecule has 0 unspecified atom stereocenters.